The third-order valence-corrected chi connectivity index (χ3v) is 3.72. The predicted octanol–water partition coefficient (Wildman–Crippen LogP) is 3.10. The van der Waals surface area contributed by atoms with Crippen molar-refractivity contribution in [1.82, 2.24) is 0 Å². The molecular weight excluding hydrogens is 375 g/mol. The number of carbonyl (C=O) groups excluding carboxylic acids is 2. The molecule has 1 aromatic rings. The molecule has 0 radical (unpaired) electrons. The van der Waals surface area contributed by atoms with Gasteiger partial charge in [-0.05, 0) is 25.5 Å². The van der Waals surface area contributed by atoms with E-state index in [1.165, 1.54) is 21.3 Å². The van der Waals surface area contributed by atoms with Crippen molar-refractivity contribution in [3.8, 4) is 11.5 Å². The maximum atomic E-state index is 13.0. The van der Waals surface area contributed by atoms with E-state index in [4.69, 9.17) is 28.6 Å². The molecule has 154 valence electrons. The molecule has 1 rings (SSSR count). The zero-order valence-electron chi connectivity index (χ0n) is 16.5. The maximum Gasteiger partial charge on any atom is 0.353 e. The third kappa shape index (κ3) is 7.71. The molecule has 0 N–H and O–H groups in total. The molecule has 8 nitrogen and oxygen atoms in total. The summed E-state index contributed by atoms with van der Waals surface area (Å²) >= 11 is 0. The van der Waals surface area contributed by atoms with Crippen LogP contribution in [0.5, 0.6) is 11.5 Å². The van der Waals surface area contributed by atoms with Gasteiger partial charge in [0.2, 0.25) is 0 Å². The van der Waals surface area contributed by atoms with Crippen LogP contribution < -0.4 is 9.47 Å². The summed E-state index contributed by atoms with van der Waals surface area (Å²) in [4.78, 5) is 35.0. The fraction of sp³-hybridized carbons (Fsp3) is 0.556. The first-order valence-corrected chi connectivity index (χ1v) is 9.01. The van der Waals surface area contributed by atoms with Gasteiger partial charge in [0.1, 0.15) is 23.0 Å². The molecule has 27 heavy (non-hydrogen) atoms. The highest BCUT2D eigenvalue weighted by Gasteiger charge is 2.33. The number of rotatable bonds is 11. The van der Waals surface area contributed by atoms with E-state index < -0.39 is 24.0 Å². The topological polar surface area (TPSA) is 97.4 Å². The Balaban J connectivity index is 0.00000326. The number of hydrogen-bond donors (Lipinski definition) is 0. The monoisotopic (exact) mass is 404 g/mol. The van der Waals surface area contributed by atoms with E-state index in [1.807, 2.05) is 6.92 Å². The van der Waals surface area contributed by atoms with Gasteiger partial charge in [0, 0.05) is 7.11 Å². The van der Waals surface area contributed by atoms with E-state index in [1.54, 1.807) is 25.1 Å². The summed E-state index contributed by atoms with van der Waals surface area (Å²) in [5.74, 6) is -1.54. The largest absolute Gasteiger partial charge is 0.496 e. The maximum absolute atomic E-state index is 13.0. The van der Waals surface area contributed by atoms with E-state index in [0.29, 0.717) is 33.5 Å². The Hall–Kier alpha value is -1.89. The van der Waals surface area contributed by atoms with E-state index in [9.17, 15) is 9.59 Å². The van der Waals surface area contributed by atoms with Crippen LogP contribution >= 0.6 is 9.12 Å². The van der Waals surface area contributed by atoms with Crippen LogP contribution in [-0.2, 0) is 23.9 Å². The number of hydrogen-bond acceptors (Lipinski definition) is 8. The molecular formula is C18H29O8P. The fourth-order valence-electron chi connectivity index (χ4n) is 2.25. The van der Waals surface area contributed by atoms with Crippen LogP contribution in [0.3, 0.4) is 0 Å². The van der Waals surface area contributed by atoms with Crippen LogP contribution in [-0.4, -0.2) is 39.4 Å². The summed E-state index contributed by atoms with van der Waals surface area (Å²) in [6.45, 7) is 3.54. The van der Waals surface area contributed by atoms with Gasteiger partial charge in [-0.15, -0.1) is 0 Å². The van der Waals surface area contributed by atoms with Gasteiger partial charge in [-0.3, -0.25) is 9.68 Å². The van der Waals surface area contributed by atoms with E-state index >= 15 is 0 Å². The molecule has 0 aromatic heterocycles. The number of benzene rings is 1. The lowest BCUT2D eigenvalue weighted by Crippen LogP contribution is -2.28. The molecule has 1 aromatic carbocycles. The highest BCUT2D eigenvalue weighted by atomic mass is 31.0. The minimum absolute atomic E-state index is 0.213. The highest BCUT2D eigenvalue weighted by Crippen LogP contribution is 2.32. The van der Waals surface area contributed by atoms with Crippen LogP contribution in [0.25, 0.3) is 0 Å². The lowest BCUT2D eigenvalue weighted by molar-refractivity contribution is -0.343. The second kappa shape index (κ2) is 14.2. The molecule has 0 fully saturated rings. The van der Waals surface area contributed by atoms with Crippen molar-refractivity contribution in [3.05, 3.63) is 23.8 Å². The lowest BCUT2D eigenvalue weighted by atomic mass is 9.91. The minimum Gasteiger partial charge on any atom is -0.496 e. The average Bonchev–Trinajstić information content (AvgIpc) is 2.72. The van der Waals surface area contributed by atoms with Crippen molar-refractivity contribution < 1.29 is 38.1 Å². The molecule has 0 spiro atoms. The van der Waals surface area contributed by atoms with Gasteiger partial charge in [-0.1, -0.05) is 25.8 Å². The molecule has 0 amide bonds. The second-order valence-electron chi connectivity index (χ2n) is 5.40. The zero-order chi connectivity index (χ0) is 20.8. The first-order chi connectivity index (χ1) is 13.0. The quantitative estimate of drug-likeness (QED) is 0.139. The smallest absolute Gasteiger partial charge is 0.353 e. The Bertz CT molecular complexity index is 570. The molecule has 0 bridgehead atoms. The molecule has 9 heteroatoms. The summed E-state index contributed by atoms with van der Waals surface area (Å²) in [6.07, 6.45) is 1.12. The predicted molar refractivity (Wildman–Crippen MR) is 102 cm³/mol. The van der Waals surface area contributed by atoms with Gasteiger partial charge in [-0.25, -0.2) is 4.79 Å². The van der Waals surface area contributed by atoms with Crippen LogP contribution in [0.2, 0.25) is 0 Å². The zero-order valence-corrected chi connectivity index (χ0v) is 17.9. The van der Waals surface area contributed by atoms with E-state index in [2.05, 4.69) is 0 Å². The number of carbonyl (C=O) groups is 2. The van der Waals surface area contributed by atoms with Gasteiger partial charge < -0.3 is 18.8 Å². The third-order valence-electron chi connectivity index (χ3n) is 3.72. The highest BCUT2D eigenvalue weighted by molar-refractivity contribution is 7.00. The van der Waals surface area contributed by atoms with Crippen molar-refractivity contribution in [2.75, 3.05) is 21.3 Å². The van der Waals surface area contributed by atoms with Crippen LogP contribution in [0.4, 0.5) is 0 Å². The van der Waals surface area contributed by atoms with Crippen LogP contribution in [0, 0.1) is 5.92 Å². The van der Waals surface area contributed by atoms with Gasteiger partial charge in [-0.2, -0.15) is 4.89 Å². The minimum atomic E-state index is -1.02. The van der Waals surface area contributed by atoms with Crippen LogP contribution in [0.15, 0.2) is 18.2 Å². The summed E-state index contributed by atoms with van der Waals surface area (Å²) in [7, 11) is 4.93. The Morgan fingerprint density at radius 2 is 1.63 bits per heavy atom. The van der Waals surface area contributed by atoms with Crippen molar-refractivity contribution in [2.45, 2.75) is 39.4 Å². The van der Waals surface area contributed by atoms with Crippen molar-refractivity contribution >= 4 is 20.9 Å². The second-order valence-corrected chi connectivity index (χ2v) is 5.40. The SMILES string of the molecule is CCCCC(C(=O)OOC(C)OC)C(=O)c1c(OC)cccc1OC.O=[PH3]. The molecule has 0 saturated carbocycles. The Morgan fingerprint density at radius 1 is 1.07 bits per heavy atom. The molecule has 0 saturated heterocycles. The van der Waals surface area contributed by atoms with Crippen molar-refractivity contribution in [3.63, 3.8) is 0 Å². The van der Waals surface area contributed by atoms with Gasteiger partial charge in [0.05, 0.1) is 23.3 Å². The molecule has 3 atom stereocenters. The standard InChI is InChI=1S/C18H26O7.H3OP/c1-6-7-9-13(18(20)25-24-12(2)21-3)17(19)16-14(22-4)10-8-11-15(16)23-5;1-2/h8,10-13H,6-7,9H2,1-5H3;2H3. The summed E-state index contributed by atoms with van der Waals surface area (Å²) < 4.78 is 23.6. The fourth-order valence-corrected chi connectivity index (χ4v) is 2.25. The van der Waals surface area contributed by atoms with Gasteiger partial charge in [0.15, 0.2) is 12.1 Å². The molecule has 0 aliphatic rings. The summed E-state index contributed by atoms with van der Waals surface area (Å²) in [5.41, 5.74) is 0.213. The molecule has 3 unspecified atom stereocenters. The number of Topliss-reactive ketones (excluding diaryl/α,β-unsaturated/α-hetero) is 1. The normalized spacial score (nSPS) is 12.3. The Kier molecular flexibility index (Phi) is 13.2. The number of ether oxygens (including phenoxy) is 3. The Labute approximate surface area is 161 Å². The summed E-state index contributed by atoms with van der Waals surface area (Å²) in [6, 6.07) is 4.99. The average molecular weight is 404 g/mol. The number of methoxy groups -OCH3 is 3. The van der Waals surface area contributed by atoms with E-state index in [0.717, 1.165) is 6.42 Å². The molecule has 0 heterocycles. The molecule has 0 aliphatic carbocycles. The first-order valence-electron chi connectivity index (χ1n) is 8.44. The molecule has 0 aliphatic heterocycles. The van der Waals surface area contributed by atoms with Gasteiger partial charge >= 0.3 is 5.97 Å². The van der Waals surface area contributed by atoms with Gasteiger partial charge in [0.25, 0.3) is 0 Å². The number of ketones is 1. The lowest BCUT2D eigenvalue weighted by Gasteiger charge is -2.18. The number of unbranched alkanes of at least 4 members (excludes halogenated alkanes) is 1. The first kappa shape index (κ1) is 25.1. The summed E-state index contributed by atoms with van der Waals surface area (Å²) in [5, 5.41) is 0. The van der Waals surface area contributed by atoms with Crippen molar-refractivity contribution in [2.24, 2.45) is 5.92 Å². The van der Waals surface area contributed by atoms with Crippen molar-refractivity contribution in [1.29, 1.82) is 0 Å². The van der Waals surface area contributed by atoms with E-state index in [-0.39, 0.29) is 5.56 Å². The Morgan fingerprint density at radius 3 is 2.07 bits per heavy atom. The van der Waals surface area contributed by atoms with Crippen LogP contribution in [0.1, 0.15) is 43.5 Å².